The maximum atomic E-state index is 6.09. The van der Waals surface area contributed by atoms with Gasteiger partial charge in [-0.05, 0) is 12.1 Å². The molecule has 0 saturated carbocycles. The van der Waals surface area contributed by atoms with Gasteiger partial charge in [-0.15, -0.1) is 0 Å². The zero-order valence-corrected chi connectivity index (χ0v) is 10.4. The maximum absolute atomic E-state index is 6.09. The third-order valence-corrected chi connectivity index (χ3v) is 2.85. The topological polar surface area (TPSA) is 82.5 Å². The Labute approximate surface area is 110 Å². The summed E-state index contributed by atoms with van der Waals surface area (Å²) in [6.45, 7) is 0. The van der Waals surface area contributed by atoms with Gasteiger partial charge in [0.1, 0.15) is 17.8 Å². The molecule has 3 aromatic heterocycles. The number of rotatable bonds is 2. The summed E-state index contributed by atoms with van der Waals surface area (Å²) in [6.07, 6.45) is 6.63. The average Bonchev–Trinajstić information content (AvgIpc) is 2.77. The SMILES string of the molecule is Cn1nc(-c2cncnc2)c(-c2ccccn2)c1N. The summed E-state index contributed by atoms with van der Waals surface area (Å²) in [5.41, 5.74) is 9.23. The second kappa shape index (κ2) is 4.49. The van der Waals surface area contributed by atoms with E-state index in [2.05, 4.69) is 20.1 Å². The molecule has 0 atom stereocenters. The molecule has 6 heteroatoms. The Bertz CT molecular complexity index is 690. The van der Waals surface area contributed by atoms with Gasteiger partial charge in [-0.3, -0.25) is 9.67 Å². The van der Waals surface area contributed by atoms with E-state index in [0.717, 1.165) is 22.5 Å². The van der Waals surface area contributed by atoms with Gasteiger partial charge >= 0.3 is 0 Å². The average molecular weight is 252 g/mol. The molecule has 0 aliphatic rings. The quantitative estimate of drug-likeness (QED) is 0.747. The third-order valence-electron chi connectivity index (χ3n) is 2.85. The Morgan fingerprint density at radius 1 is 1.16 bits per heavy atom. The summed E-state index contributed by atoms with van der Waals surface area (Å²) in [4.78, 5) is 12.4. The summed E-state index contributed by atoms with van der Waals surface area (Å²) in [5.74, 6) is 0.567. The van der Waals surface area contributed by atoms with Crippen molar-refractivity contribution in [2.24, 2.45) is 7.05 Å². The second-order valence-corrected chi connectivity index (χ2v) is 4.07. The van der Waals surface area contributed by atoms with Gasteiger partial charge in [0, 0.05) is 31.2 Å². The molecule has 3 heterocycles. The molecular formula is C13H12N6. The summed E-state index contributed by atoms with van der Waals surface area (Å²) in [5, 5.41) is 4.43. The van der Waals surface area contributed by atoms with Crippen LogP contribution in [0, 0.1) is 0 Å². The van der Waals surface area contributed by atoms with Crippen molar-refractivity contribution in [3.63, 3.8) is 0 Å². The molecule has 3 rings (SSSR count). The Balaban J connectivity index is 2.25. The first-order valence-electron chi connectivity index (χ1n) is 5.76. The van der Waals surface area contributed by atoms with E-state index >= 15 is 0 Å². The van der Waals surface area contributed by atoms with E-state index in [4.69, 9.17) is 5.73 Å². The van der Waals surface area contributed by atoms with Crippen LogP contribution in [0.15, 0.2) is 43.1 Å². The van der Waals surface area contributed by atoms with Crippen LogP contribution in [0.4, 0.5) is 5.82 Å². The summed E-state index contributed by atoms with van der Waals surface area (Å²) in [7, 11) is 1.80. The molecule has 0 unspecified atom stereocenters. The fourth-order valence-corrected chi connectivity index (χ4v) is 1.92. The normalized spacial score (nSPS) is 10.6. The van der Waals surface area contributed by atoms with E-state index in [9.17, 15) is 0 Å². The number of nitrogen functional groups attached to an aromatic ring is 1. The first kappa shape index (κ1) is 11.3. The van der Waals surface area contributed by atoms with Gasteiger partial charge in [-0.1, -0.05) is 6.07 Å². The predicted molar refractivity (Wildman–Crippen MR) is 71.9 cm³/mol. The van der Waals surface area contributed by atoms with Crippen molar-refractivity contribution in [2.75, 3.05) is 5.73 Å². The van der Waals surface area contributed by atoms with Crippen LogP contribution < -0.4 is 5.73 Å². The van der Waals surface area contributed by atoms with Crippen molar-refractivity contribution < 1.29 is 0 Å². The molecule has 2 N–H and O–H groups in total. The Morgan fingerprint density at radius 2 is 1.95 bits per heavy atom. The number of anilines is 1. The molecule has 0 fully saturated rings. The number of nitrogens with zero attached hydrogens (tertiary/aromatic N) is 5. The molecule has 0 saturated heterocycles. The van der Waals surface area contributed by atoms with E-state index in [0.29, 0.717) is 5.82 Å². The Kier molecular flexibility index (Phi) is 2.68. The van der Waals surface area contributed by atoms with Gasteiger partial charge in [0.15, 0.2) is 0 Å². The molecule has 0 aromatic carbocycles. The van der Waals surface area contributed by atoms with E-state index in [1.54, 1.807) is 30.3 Å². The van der Waals surface area contributed by atoms with Crippen LogP contribution in [-0.4, -0.2) is 24.7 Å². The van der Waals surface area contributed by atoms with Crippen molar-refractivity contribution in [1.29, 1.82) is 0 Å². The number of aromatic nitrogens is 5. The molecule has 6 nitrogen and oxygen atoms in total. The highest BCUT2D eigenvalue weighted by Crippen LogP contribution is 2.33. The number of aryl methyl sites for hydroxylation is 1. The smallest absolute Gasteiger partial charge is 0.131 e. The van der Waals surface area contributed by atoms with Crippen LogP contribution in [0.3, 0.4) is 0 Å². The van der Waals surface area contributed by atoms with E-state index in [-0.39, 0.29) is 0 Å². The predicted octanol–water partition coefficient (Wildman–Crippen LogP) is 1.52. The molecule has 0 aliphatic carbocycles. The van der Waals surface area contributed by atoms with Gasteiger partial charge in [0.05, 0.1) is 11.3 Å². The lowest BCUT2D eigenvalue weighted by Gasteiger charge is -2.02. The molecule has 0 radical (unpaired) electrons. The fourth-order valence-electron chi connectivity index (χ4n) is 1.92. The Morgan fingerprint density at radius 3 is 2.63 bits per heavy atom. The van der Waals surface area contributed by atoms with Crippen molar-refractivity contribution in [3.05, 3.63) is 43.1 Å². The second-order valence-electron chi connectivity index (χ2n) is 4.07. The molecule has 0 aliphatic heterocycles. The van der Waals surface area contributed by atoms with Crippen LogP contribution in [-0.2, 0) is 7.05 Å². The fraction of sp³-hybridized carbons (Fsp3) is 0.0769. The molecule has 19 heavy (non-hydrogen) atoms. The van der Waals surface area contributed by atoms with Crippen molar-refractivity contribution in [2.45, 2.75) is 0 Å². The minimum atomic E-state index is 0.567. The molecule has 94 valence electrons. The van der Waals surface area contributed by atoms with E-state index < -0.39 is 0 Å². The van der Waals surface area contributed by atoms with Crippen molar-refractivity contribution >= 4 is 5.82 Å². The van der Waals surface area contributed by atoms with Crippen molar-refractivity contribution in [1.82, 2.24) is 24.7 Å². The van der Waals surface area contributed by atoms with Gasteiger partial charge in [0.2, 0.25) is 0 Å². The lowest BCUT2D eigenvalue weighted by Crippen LogP contribution is -1.98. The molecule has 0 amide bonds. The monoisotopic (exact) mass is 252 g/mol. The highest BCUT2D eigenvalue weighted by atomic mass is 15.3. The van der Waals surface area contributed by atoms with Crippen LogP contribution in [0.5, 0.6) is 0 Å². The lowest BCUT2D eigenvalue weighted by molar-refractivity contribution is 0.782. The van der Waals surface area contributed by atoms with Crippen molar-refractivity contribution in [3.8, 4) is 22.5 Å². The Hall–Kier alpha value is -2.76. The lowest BCUT2D eigenvalue weighted by atomic mass is 10.1. The molecule has 0 spiro atoms. The van der Waals surface area contributed by atoms with Crippen LogP contribution in [0.1, 0.15) is 0 Å². The third kappa shape index (κ3) is 1.93. The molecular weight excluding hydrogens is 240 g/mol. The summed E-state index contributed by atoms with van der Waals surface area (Å²) >= 11 is 0. The first-order chi connectivity index (χ1) is 9.27. The molecule has 0 bridgehead atoms. The maximum Gasteiger partial charge on any atom is 0.131 e. The number of hydrogen-bond acceptors (Lipinski definition) is 5. The number of nitrogens with two attached hydrogens (primary N) is 1. The van der Waals surface area contributed by atoms with Gasteiger partial charge in [0.25, 0.3) is 0 Å². The van der Waals surface area contributed by atoms with E-state index in [1.807, 2.05) is 18.2 Å². The number of hydrogen-bond donors (Lipinski definition) is 1. The highest BCUT2D eigenvalue weighted by Gasteiger charge is 2.18. The first-order valence-corrected chi connectivity index (χ1v) is 5.76. The summed E-state index contributed by atoms with van der Waals surface area (Å²) in [6, 6.07) is 5.68. The summed E-state index contributed by atoms with van der Waals surface area (Å²) < 4.78 is 1.63. The van der Waals surface area contributed by atoms with Crippen LogP contribution in [0.25, 0.3) is 22.5 Å². The largest absolute Gasteiger partial charge is 0.383 e. The standard InChI is InChI=1S/C13H12N6/c1-19-13(14)11(10-4-2-3-5-17-10)12(18-19)9-6-15-8-16-7-9/h2-8H,14H2,1H3. The molecule has 3 aromatic rings. The van der Waals surface area contributed by atoms with Gasteiger partial charge in [-0.25, -0.2) is 9.97 Å². The minimum absolute atomic E-state index is 0.567. The minimum Gasteiger partial charge on any atom is -0.383 e. The number of pyridine rings is 1. The highest BCUT2D eigenvalue weighted by molar-refractivity contribution is 5.85. The zero-order chi connectivity index (χ0) is 13.2. The van der Waals surface area contributed by atoms with Gasteiger partial charge in [-0.2, -0.15) is 5.10 Å². The van der Waals surface area contributed by atoms with Gasteiger partial charge < -0.3 is 5.73 Å². The van der Waals surface area contributed by atoms with Crippen LogP contribution in [0.2, 0.25) is 0 Å². The van der Waals surface area contributed by atoms with E-state index in [1.165, 1.54) is 6.33 Å². The zero-order valence-electron chi connectivity index (χ0n) is 10.4. The van der Waals surface area contributed by atoms with Crippen LogP contribution >= 0.6 is 0 Å².